The predicted octanol–water partition coefficient (Wildman–Crippen LogP) is 2.87. The molecule has 2 N–H and O–H groups in total. The third kappa shape index (κ3) is 4.46. The van der Waals surface area contributed by atoms with Gasteiger partial charge >= 0.3 is 0 Å². The molecule has 1 aromatic carbocycles. The lowest BCUT2D eigenvalue weighted by Gasteiger charge is -2.44. The van der Waals surface area contributed by atoms with Gasteiger partial charge in [0.15, 0.2) is 0 Å². The Balaban J connectivity index is 1.43. The van der Waals surface area contributed by atoms with E-state index in [0.717, 1.165) is 37.3 Å². The Labute approximate surface area is 143 Å². The molecule has 1 aliphatic carbocycles. The Kier molecular flexibility index (Phi) is 5.94. The normalized spacial score (nSPS) is 24.3. The maximum absolute atomic E-state index is 10.1. The average Bonchev–Trinajstić information content (AvgIpc) is 3.01. The van der Waals surface area contributed by atoms with Gasteiger partial charge in [-0.2, -0.15) is 0 Å². The standard InChI is InChI=1S/C18H26ClNO3/c19-15-6-4-14(5-7-15)18(8-2-9-18)20-11-16(21)12-22-13-17-3-1-10-23-17/h4-7,16-17,20-21H,1-3,8-13H2. The van der Waals surface area contributed by atoms with E-state index in [1.54, 1.807) is 0 Å². The highest BCUT2D eigenvalue weighted by atomic mass is 35.5. The minimum absolute atomic E-state index is 0.0138. The molecule has 0 bridgehead atoms. The zero-order valence-corrected chi connectivity index (χ0v) is 14.2. The molecule has 0 aromatic heterocycles. The Morgan fingerprint density at radius 1 is 1.30 bits per heavy atom. The maximum Gasteiger partial charge on any atom is 0.0897 e. The van der Waals surface area contributed by atoms with Crippen LogP contribution in [0.3, 0.4) is 0 Å². The van der Waals surface area contributed by atoms with Gasteiger partial charge in [-0.1, -0.05) is 23.7 Å². The molecule has 2 aliphatic rings. The van der Waals surface area contributed by atoms with Gasteiger partial charge in [0.05, 0.1) is 25.4 Å². The van der Waals surface area contributed by atoms with Crippen molar-refractivity contribution >= 4 is 11.6 Å². The van der Waals surface area contributed by atoms with Gasteiger partial charge in [-0.05, 0) is 49.8 Å². The van der Waals surface area contributed by atoms with Crippen LogP contribution in [0, 0.1) is 0 Å². The molecule has 1 saturated heterocycles. The van der Waals surface area contributed by atoms with Crippen molar-refractivity contribution in [3.63, 3.8) is 0 Å². The first-order chi connectivity index (χ1) is 11.2. The van der Waals surface area contributed by atoms with Crippen LogP contribution in [0.25, 0.3) is 0 Å². The molecule has 1 heterocycles. The van der Waals surface area contributed by atoms with E-state index in [4.69, 9.17) is 21.1 Å². The fraction of sp³-hybridized carbons (Fsp3) is 0.667. The number of rotatable bonds is 8. The maximum atomic E-state index is 10.1. The van der Waals surface area contributed by atoms with Crippen molar-refractivity contribution in [3.8, 4) is 0 Å². The molecular weight excluding hydrogens is 314 g/mol. The van der Waals surface area contributed by atoms with Crippen LogP contribution in [0.4, 0.5) is 0 Å². The fourth-order valence-electron chi connectivity index (χ4n) is 3.35. The number of ether oxygens (including phenoxy) is 2. The molecule has 0 radical (unpaired) electrons. The first-order valence-electron chi connectivity index (χ1n) is 8.56. The lowest BCUT2D eigenvalue weighted by Crippen LogP contribution is -2.51. The predicted molar refractivity (Wildman–Crippen MR) is 90.8 cm³/mol. The molecule has 3 rings (SSSR count). The summed E-state index contributed by atoms with van der Waals surface area (Å²) in [6.45, 7) is 2.30. The summed E-state index contributed by atoms with van der Waals surface area (Å²) in [5.41, 5.74) is 1.24. The number of hydrogen-bond acceptors (Lipinski definition) is 4. The van der Waals surface area contributed by atoms with Gasteiger partial charge in [0, 0.05) is 23.7 Å². The van der Waals surface area contributed by atoms with Crippen LogP contribution >= 0.6 is 11.6 Å². The van der Waals surface area contributed by atoms with Crippen molar-refractivity contribution in [2.24, 2.45) is 0 Å². The van der Waals surface area contributed by atoms with Crippen LogP contribution in [0.15, 0.2) is 24.3 Å². The van der Waals surface area contributed by atoms with Crippen LogP contribution in [0.2, 0.25) is 5.02 Å². The first-order valence-corrected chi connectivity index (χ1v) is 8.94. The van der Waals surface area contributed by atoms with Crippen LogP contribution in [-0.2, 0) is 15.0 Å². The molecule has 1 aliphatic heterocycles. The third-order valence-electron chi connectivity index (χ3n) is 4.92. The van der Waals surface area contributed by atoms with E-state index in [1.165, 1.54) is 12.0 Å². The Hall–Kier alpha value is -0.650. The van der Waals surface area contributed by atoms with E-state index in [1.807, 2.05) is 12.1 Å². The minimum atomic E-state index is -0.499. The van der Waals surface area contributed by atoms with Crippen molar-refractivity contribution in [2.75, 3.05) is 26.4 Å². The molecule has 2 atom stereocenters. The second-order valence-corrected chi connectivity index (χ2v) is 7.09. The summed E-state index contributed by atoms with van der Waals surface area (Å²) < 4.78 is 11.1. The smallest absolute Gasteiger partial charge is 0.0897 e. The topological polar surface area (TPSA) is 50.7 Å². The van der Waals surface area contributed by atoms with Gasteiger partial charge in [-0.15, -0.1) is 0 Å². The van der Waals surface area contributed by atoms with Crippen molar-refractivity contribution in [1.82, 2.24) is 5.32 Å². The second kappa shape index (κ2) is 7.95. The van der Waals surface area contributed by atoms with E-state index in [-0.39, 0.29) is 11.6 Å². The van der Waals surface area contributed by atoms with Gasteiger partial charge in [0.25, 0.3) is 0 Å². The molecular formula is C18H26ClNO3. The quantitative estimate of drug-likeness (QED) is 0.764. The molecule has 23 heavy (non-hydrogen) atoms. The minimum Gasteiger partial charge on any atom is -0.389 e. The van der Waals surface area contributed by atoms with Crippen LogP contribution in [0.5, 0.6) is 0 Å². The molecule has 5 heteroatoms. The van der Waals surface area contributed by atoms with Gasteiger partial charge < -0.3 is 19.9 Å². The van der Waals surface area contributed by atoms with Gasteiger partial charge in [0.1, 0.15) is 0 Å². The highest BCUT2D eigenvalue weighted by Crippen LogP contribution is 2.41. The number of nitrogens with one attached hydrogen (secondary N) is 1. The molecule has 128 valence electrons. The number of aliphatic hydroxyl groups is 1. The van der Waals surface area contributed by atoms with E-state index < -0.39 is 6.10 Å². The molecule has 4 nitrogen and oxygen atoms in total. The molecule has 1 saturated carbocycles. The summed E-state index contributed by atoms with van der Waals surface area (Å²) >= 11 is 5.97. The van der Waals surface area contributed by atoms with Gasteiger partial charge in [-0.3, -0.25) is 0 Å². The Bertz CT molecular complexity index is 484. The monoisotopic (exact) mass is 339 g/mol. The lowest BCUT2D eigenvalue weighted by atomic mass is 9.72. The number of benzene rings is 1. The Morgan fingerprint density at radius 2 is 2.09 bits per heavy atom. The second-order valence-electron chi connectivity index (χ2n) is 6.65. The highest BCUT2D eigenvalue weighted by molar-refractivity contribution is 6.30. The van der Waals surface area contributed by atoms with Crippen molar-refractivity contribution in [3.05, 3.63) is 34.9 Å². The highest BCUT2D eigenvalue weighted by Gasteiger charge is 2.38. The van der Waals surface area contributed by atoms with Crippen LogP contribution in [-0.4, -0.2) is 43.7 Å². The molecule has 0 spiro atoms. The van der Waals surface area contributed by atoms with Crippen LogP contribution in [0.1, 0.15) is 37.7 Å². The van der Waals surface area contributed by atoms with Crippen molar-refractivity contribution < 1.29 is 14.6 Å². The lowest BCUT2D eigenvalue weighted by molar-refractivity contribution is -0.0197. The number of halogens is 1. The number of aliphatic hydroxyl groups excluding tert-OH is 1. The van der Waals surface area contributed by atoms with Crippen molar-refractivity contribution in [1.29, 1.82) is 0 Å². The van der Waals surface area contributed by atoms with Gasteiger partial charge in [-0.25, -0.2) is 0 Å². The first kappa shape index (κ1) is 17.2. The summed E-state index contributed by atoms with van der Waals surface area (Å²) in [5, 5.41) is 14.4. The van der Waals surface area contributed by atoms with Gasteiger partial charge in [0.2, 0.25) is 0 Å². The van der Waals surface area contributed by atoms with E-state index >= 15 is 0 Å². The molecule has 1 aromatic rings. The van der Waals surface area contributed by atoms with E-state index in [0.29, 0.717) is 19.8 Å². The van der Waals surface area contributed by atoms with Crippen molar-refractivity contribution in [2.45, 2.75) is 49.9 Å². The largest absolute Gasteiger partial charge is 0.389 e. The zero-order chi connectivity index (χ0) is 16.1. The summed E-state index contributed by atoms with van der Waals surface area (Å²) in [5.74, 6) is 0. The fourth-order valence-corrected chi connectivity index (χ4v) is 3.48. The summed E-state index contributed by atoms with van der Waals surface area (Å²) in [6, 6.07) is 8.02. The average molecular weight is 340 g/mol. The molecule has 2 unspecified atom stereocenters. The zero-order valence-electron chi connectivity index (χ0n) is 13.5. The summed E-state index contributed by atoms with van der Waals surface area (Å²) in [4.78, 5) is 0. The van der Waals surface area contributed by atoms with E-state index in [2.05, 4.69) is 17.4 Å². The Morgan fingerprint density at radius 3 is 2.70 bits per heavy atom. The molecule has 2 fully saturated rings. The SMILES string of the molecule is OC(CNC1(c2ccc(Cl)cc2)CCC1)COCC1CCCO1. The summed E-state index contributed by atoms with van der Waals surface area (Å²) in [7, 11) is 0. The number of hydrogen-bond donors (Lipinski definition) is 2. The van der Waals surface area contributed by atoms with Crippen LogP contribution < -0.4 is 5.32 Å². The third-order valence-corrected chi connectivity index (χ3v) is 5.17. The summed E-state index contributed by atoms with van der Waals surface area (Å²) in [6.07, 6.45) is 5.29. The molecule has 0 amide bonds. The van der Waals surface area contributed by atoms with E-state index in [9.17, 15) is 5.11 Å².